The first-order valence-electron chi connectivity index (χ1n) is 6.97. The number of halogens is 3. The number of nitrogens with one attached hydrogen (secondary N) is 1. The van der Waals surface area contributed by atoms with E-state index in [2.05, 4.69) is 5.32 Å². The maximum atomic E-state index is 12.6. The fraction of sp³-hybridized carbons (Fsp3) is 0.533. The predicted molar refractivity (Wildman–Crippen MR) is 75.2 cm³/mol. The Morgan fingerprint density at radius 3 is 2.67 bits per heavy atom. The van der Waals surface area contributed by atoms with Crippen LogP contribution in [0, 0.1) is 0 Å². The Bertz CT molecular complexity index is 514. The third kappa shape index (κ3) is 3.89. The van der Waals surface area contributed by atoms with E-state index in [-0.39, 0.29) is 12.3 Å². The molecule has 0 aromatic heterocycles. The van der Waals surface area contributed by atoms with Gasteiger partial charge in [-0.2, -0.15) is 13.2 Å². The highest BCUT2D eigenvalue weighted by Gasteiger charge is 2.35. The zero-order valence-electron chi connectivity index (χ0n) is 12.1. The lowest BCUT2D eigenvalue weighted by Crippen LogP contribution is -2.43. The summed E-state index contributed by atoms with van der Waals surface area (Å²) in [7, 11) is 0. The number of fused-ring (bicyclic) bond motifs is 1. The summed E-state index contributed by atoms with van der Waals surface area (Å²) in [5, 5.41) is 3.18. The normalized spacial score (nSPS) is 17.5. The number of para-hydroxylation sites is 1. The number of alkyl halides is 3. The van der Waals surface area contributed by atoms with Crippen molar-refractivity contribution in [1.82, 2.24) is 4.90 Å². The molecule has 116 valence electrons. The van der Waals surface area contributed by atoms with Gasteiger partial charge in [0.1, 0.15) is 6.54 Å². The van der Waals surface area contributed by atoms with Crippen molar-refractivity contribution in [2.24, 2.45) is 0 Å². The molecule has 1 heterocycles. The number of benzene rings is 1. The van der Waals surface area contributed by atoms with Crippen LogP contribution in [0.15, 0.2) is 24.3 Å². The van der Waals surface area contributed by atoms with Crippen LogP contribution in [-0.4, -0.2) is 36.1 Å². The highest BCUT2D eigenvalue weighted by molar-refractivity contribution is 5.78. The molecule has 1 amide bonds. The minimum absolute atomic E-state index is 0.0665. The molecule has 1 aliphatic heterocycles. The molecule has 3 nitrogen and oxygen atoms in total. The van der Waals surface area contributed by atoms with Crippen molar-refractivity contribution in [2.75, 3.05) is 18.4 Å². The summed E-state index contributed by atoms with van der Waals surface area (Å²) in [6.07, 6.45) is -4.27. The second-order valence-electron chi connectivity index (χ2n) is 5.60. The van der Waals surface area contributed by atoms with Crippen LogP contribution in [0.2, 0.25) is 0 Å². The zero-order valence-corrected chi connectivity index (χ0v) is 12.1. The zero-order chi connectivity index (χ0) is 15.6. The molecule has 0 bridgehead atoms. The lowest BCUT2D eigenvalue weighted by molar-refractivity contribution is -0.164. The second kappa shape index (κ2) is 5.95. The molecule has 1 N–H and O–H groups in total. The van der Waals surface area contributed by atoms with Gasteiger partial charge in [-0.05, 0) is 25.5 Å². The highest BCUT2D eigenvalue weighted by Crippen LogP contribution is 2.34. The van der Waals surface area contributed by atoms with E-state index < -0.39 is 24.7 Å². The van der Waals surface area contributed by atoms with Crippen molar-refractivity contribution in [3.63, 3.8) is 0 Å². The molecule has 21 heavy (non-hydrogen) atoms. The molecule has 0 saturated heterocycles. The number of carbonyl (C=O) groups is 1. The first-order chi connectivity index (χ1) is 9.78. The van der Waals surface area contributed by atoms with E-state index in [1.165, 1.54) is 0 Å². The van der Waals surface area contributed by atoms with Crippen molar-refractivity contribution < 1.29 is 18.0 Å². The van der Waals surface area contributed by atoms with Crippen LogP contribution >= 0.6 is 0 Å². The second-order valence-corrected chi connectivity index (χ2v) is 5.60. The Kier molecular flexibility index (Phi) is 4.44. The molecule has 1 aromatic rings. The van der Waals surface area contributed by atoms with E-state index in [9.17, 15) is 18.0 Å². The standard InChI is InChI=1S/C15H19F3N2O/c1-10(2)20(9-15(16,17)18)14(21)7-11-8-19-13-6-4-3-5-12(11)13/h3-6,10-11,19H,7-9H2,1-2H3. The molecule has 1 unspecified atom stereocenters. The number of rotatable bonds is 4. The van der Waals surface area contributed by atoms with Crippen LogP contribution in [0.5, 0.6) is 0 Å². The fourth-order valence-corrected chi connectivity index (χ4v) is 2.62. The first kappa shape index (κ1) is 15.7. The molecule has 0 fully saturated rings. The summed E-state index contributed by atoms with van der Waals surface area (Å²) in [5.74, 6) is -0.519. The molecule has 6 heteroatoms. The topological polar surface area (TPSA) is 32.3 Å². The van der Waals surface area contributed by atoms with Crippen molar-refractivity contribution in [3.8, 4) is 0 Å². The minimum atomic E-state index is -4.37. The first-order valence-corrected chi connectivity index (χ1v) is 6.97. The van der Waals surface area contributed by atoms with Gasteiger partial charge in [0, 0.05) is 30.6 Å². The average molecular weight is 300 g/mol. The van der Waals surface area contributed by atoms with Crippen LogP contribution < -0.4 is 5.32 Å². The monoisotopic (exact) mass is 300 g/mol. The van der Waals surface area contributed by atoms with Gasteiger partial charge in [0.2, 0.25) is 5.91 Å². The van der Waals surface area contributed by atoms with E-state index in [0.717, 1.165) is 16.2 Å². The van der Waals surface area contributed by atoms with Crippen LogP contribution in [0.3, 0.4) is 0 Å². The number of nitrogens with zero attached hydrogens (tertiary/aromatic N) is 1. The van der Waals surface area contributed by atoms with Crippen molar-refractivity contribution in [3.05, 3.63) is 29.8 Å². The molecular weight excluding hydrogens is 281 g/mol. The largest absolute Gasteiger partial charge is 0.406 e. The average Bonchev–Trinajstić information content (AvgIpc) is 2.78. The molecule has 0 radical (unpaired) electrons. The van der Waals surface area contributed by atoms with Gasteiger partial charge in [0.25, 0.3) is 0 Å². The molecule has 2 rings (SSSR count). The summed E-state index contributed by atoms with van der Waals surface area (Å²) in [4.78, 5) is 13.1. The van der Waals surface area contributed by atoms with Crippen molar-refractivity contribution in [2.45, 2.75) is 38.4 Å². The quantitative estimate of drug-likeness (QED) is 0.924. The maximum absolute atomic E-state index is 12.6. The Labute approximate surface area is 122 Å². The summed E-state index contributed by atoms with van der Waals surface area (Å²) in [6, 6.07) is 7.12. The van der Waals surface area contributed by atoms with Gasteiger partial charge in [-0.1, -0.05) is 18.2 Å². The van der Waals surface area contributed by atoms with E-state index in [4.69, 9.17) is 0 Å². The summed E-state index contributed by atoms with van der Waals surface area (Å²) in [5.41, 5.74) is 1.96. The highest BCUT2D eigenvalue weighted by atomic mass is 19.4. The number of hydrogen-bond acceptors (Lipinski definition) is 2. The van der Waals surface area contributed by atoms with Crippen LogP contribution in [0.1, 0.15) is 31.7 Å². The number of amides is 1. The Morgan fingerprint density at radius 2 is 2.05 bits per heavy atom. The number of hydrogen-bond donors (Lipinski definition) is 1. The molecule has 1 aliphatic rings. The van der Waals surface area contributed by atoms with Gasteiger partial charge in [-0.15, -0.1) is 0 Å². The third-order valence-corrected chi connectivity index (χ3v) is 3.65. The van der Waals surface area contributed by atoms with Gasteiger partial charge in [0.05, 0.1) is 0 Å². The van der Waals surface area contributed by atoms with E-state index in [1.54, 1.807) is 13.8 Å². The van der Waals surface area contributed by atoms with Gasteiger partial charge in [0.15, 0.2) is 0 Å². The Morgan fingerprint density at radius 1 is 1.38 bits per heavy atom. The van der Waals surface area contributed by atoms with Gasteiger partial charge in [-0.25, -0.2) is 0 Å². The molecular formula is C15H19F3N2O. The fourth-order valence-electron chi connectivity index (χ4n) is 2.62. The lowest BCUT2D eigenvalue weighted by Gasteiger charge is -2.28. The van der Waals surface area contributed by atoms with E-state index in [1.807, 2.05) is 24.3 Å². The van der Waals surface area contributed by atoms with Crippen LogP contribution in [-0.2, 0) is 4.79 Å². The Hall–Kier alpha value is -1.72. The SMILES string of the molecule is CC(C)N(CC(F)(F)F)C(=O)CC1CNc2ccccc21. The maximum Gasteiger partial charge on any atom is 0.406 e. The lowest BCUT2D eigenvalue weighted by atomic mass is 9.97. The summed E-state index contributed by atoms with van der Waals surface area (Å²) >= 11 is 0. The Balaban J connectivity index is 2.06. The predicted octanol–water partition coefficient (Wildman–Crippen LogP) is 3.39. The summed E-state index contributed by atoms with van der Waals surface area (Å²) in [6.45, 7) is 2.60. The van der Waals surface area contributed by atoms with E-state index >= 15 is 0 Å². The van der Waals surface area contributed by atoms with Crippen molar-refractivity contribution >= 4 is 11.6 Å². The smallest absolute Gasteiger partial charge is 0.384 e. The molecule has 0 saturated carbocycles. The third-order valence-electron chi connectivity index (χ3n) is 3.65. The molecule has 0 spiro atoms. The molecule has 1 atom stereocenters. The molecule has 0 aliphatic carbocycles. The van der Waals surface area contributed by atoms with Crippen molar-refractivity contribution in [1.29, 1.82) is 0 Å². The van der Waals surface area contributed by atoms with Crippen LogP contribution in [0.4, 0.5) is 18.9 Å². The van der Waals surface area contributed by atoms with Gasteiger partial charge in [-0.3, -0.25) is 4.79 Å². The van der Waals surface area contributed by atoms with E-state index in [0.29, 0.717) is 6.54 Å². The molecule has 1 aromatic carbocycles. The van der Waals surface area contributed by atoms with Gasteiger partial charge >= 0.3 is 6.18 Å². The number of anilines is 1. The van der Waals surface area contributed by atoms with Gasteiger partial charge < -0.3 is 10.2 Å². The number of carbonyl (C=O) groups excluding carboxylic acids is 1. The summed E-state index contributed by atoms with van der Waals surface area (Å²) < 4.78 is 37.7. The minimum Gasteiger partial charge on any atom is -0.384 e. The van der Waals surface area contributed by atoms with Crippen LogP contribution in [0.25, 0.3) is 0 Å².